The van der Waals surface area contributed by atoms with Crippen LogP contribution < -0.4 is 21.3 Å². The van der Waals surface area contributed by atoms with Crippen LogP contribution >= 0.6 is 0 Å². The van der Waals surface area contributed by atoms with Crippen molar-refractivity contribution in [1.29, 1.82) is 0 Å². The van der Waals surface area contributed by atoms with E-state index in [9.17, 15) is 9.59 Å². The number of benzene rings is 2. The molecule has 114 valence electrons. The van der Waals surface area contributed by atoms with Gasteiger partial charge in [0.25, 0.3) is 5.91 Å². The molecule has 0 fully saturated rings. The molecule has 0 aliphatic carbocycles. The SMILES string of the molecule is COc1ccc(CC(=O)Nc2ccc(C(=O)NN)cc2)cc1. The molecule has 0 aromatic heterocycles. The van der Waals surface area contributed by atoms with Crippen molar-refractivity contribution in [3.63, 3.8) is 0 Å². The van der Waals surface area contributed by atoms with Crippen molar-refractivity contribution >= 4 is 17.5 Å². The maximum absolute atomic E-state index is 12.0. The summed E-state index contributed by atoms with van der Waals surface area (Å²) in [5, 5.41) is 2.77. The first kappa shape index (κ1) is 15.5. The highest BCUT2D eigenvalue weighted by atomic mass is 16.5. The van der Waals surface area contributed by atoms with Gasteiger partial charge in [0.05, 0.1) is 13.5 Å². The third kappa shape index (κ3) is 4.07. The first-order valence-corrected chi connectivity index (χ1v) is 6.66. The lowest BCUT2D eigenvalue weighted by molar-refractivity contribution is -0.115. The summed E-state index contributed by atoms with van der Waals surface area (Å²) >= 11 is 0. The first-order valence-electron chi connectivity index (χ1n) is 6.66. The molecule has 2 aromatic rings. The van der Waals surface area contributed by atoms with Gasteiger partial charge in [-0.1, -0.05) is 12.1 Å². The summed E-state index contributed by atoms with van der Waals surface area (Å²) < 4.78 is 5.07. The summed E-state index contributed by atoms with van der Waals surface area (Å²) in [6.45, 7) is 0. The highest BCUT2D eigenvalue weighted by molar-refractivity contribution is 5.95. The average molecular weight is 299 g/mol. The van der Waals surface area contributed by atoms with Crippen molar-refractivity contribution in [2.75, 3.05) is 12.4 Å². The molecule has 0 aliphatic heterocycles. The Balaban J connectivity index is 1.94. The summed E-state index contributed by atoms with van der Waals surface area (Å²) in [6.07, 6.45) is 0.259. The summed E-state index contributed by atoms with van der Waals surface area (Å²) in [5.41, 5.74) is 3.98. The number of anilines is 1. The minimum absolute atomic E-state index is 0.138. The van der Waals surface area contributed by atoms with Crippen molar-refractivity contribution in [3.05, 3.63) is 59.7 Å². The maximum atomic E-state index is 12.0. The van der Waals surface area contributed by atoms with Gasteiger partial charge >= 0.3 is 0 Å². The van der Waals surface area contributed by atoms with E-state index in [4.69, 9.17) is 10.6 Å². The lowest BCUT2D eigenvalue weighted by atomic mass is 10.1. The summed E-state index contributed by atoms with van der Waals surface area (Å²) in [5.74, 6) is 5.28. The van der Waals surface area contributed by atoms with Crippen LogP contribution in [-0.2, 0) is 11.2 Å². The van der Waals surface area contributed by atoms with Gasteiger partial charge in [0, 0.05) is 11.3 Å². The smallest absolute Gasteiger partial charge is 0.265 e. The van der Waals surface area contributed by atoms with E-state index in [0.29, 0.717) is 11.3 Å². The van der Waals surface area contributed by atoms with Gasteiger partial charge in [0.1, 0.15) is 5.75 Å². The molecular formula is C16H17N3O3. The molecule has 2 amide bonds. The molecule has 0 saturated heterocycles. The van der Waals surface area contributed by atoms with Crippen LogP contribution in [0.5, 0.6) is 5.75 Å². The molecule has 0 saturated carbocycles. The normalized spacial score (nSPS) is 9.91. The predicted octanol–water partition coefficient (Wildman–Crippen LogP) is 1.48. The Bertz CT molecular complexity index is 651. The minimum atomic E-state index is -0.379. The largest absolute Gasteiger partial charge is 0.497 e. The second-order valence-electron chi connectivity index (χ2n) is 4.62. The van der Waals surface area contributed by atoms with Crippen molar-refractivity contribution in [3.8, 4) is 5.75 Å². The number of rotatable bonds is 5. The van der Waals surface area contributed by atoms with E-state index < -0.39 is 0 Å². The molecule has 4 N–H and O–H groups in total. The average Bonchev–Trinajstić information content (AvgIpc) is 2.55. The maximum Gasteiger partial charge on any atom is 0.265 e. The molecule has 0 spiro atoms. The van der Waals surface area contributed by atoms with Gasteiger partial charge in [-0.15, -0.1) is 0 Å². The number of hydrazine groups is 1. The van der Waals surface area contributed by atoms with Crippen molar-refractivity contribution in [2.24, 2.45) is 5.84 Å². The number of hydrogen-bond acceptors (Lipinski definition) is 4. The van der Waals surface area contributed by atoms with E-state index >= 15 is 0 Å². The van der Waals surface area contributed by atoms with Crippen LogP contribution in [0.15, 0.2) is 48.5 Å². The number of amides is 2. The van der Waals surface area contributed by atoms with Crippen LogP contribution in [-0.4, -0.2) is 18.9 Å². The Morgan fingerprint density at radius 3 is 2.23 bits per heavy atom. The molecule has 0 unspecified atom stereocenters. The lowest BCUT2D eigenvalue weighted by Crippen LogP contribution is -2.29. The number of hydrogen-bond donors (Lipinski definition) is 3. The van der Waals surface area contributed by atoms with Crippen molar-refractivity contribution in [1.82, 2.24) is 5.43 Å². The summed E-state index contributed by atoms with van der Waals surface area (Å²) in [7, 11) is 1.59. The number of nitrogens with two attached hydrogens (primary N) is 1. The lowest BCUT2D eigenvalue weighted by Gasteiger charge is -2.07. The van der Waals surface area contributed by atoms with Gasteiger partial charge in [0.2, 0.25) is 5.91 Å². The molecule has 6 nitrogen and oxygen atoms in total. The van der Waals surface area contributed by atoms with Crippen molar-refractivity contribution in [2.45, 2.75) is 6.42 Å². The minimum Gasteiger partial charge on any atom is -0.497 e. The zero-order chi connectivity index (χ0) is 15.9. The Morgan fingerprint density at radius 2 is 1.68 bits per heavy atom. The second kappa shape index (κ2) is 7.24. The van der Waals surface area contributed by atoms with E-state index in [1.807, 2.05) is 29.7 Å². The van der Waals surface area contributed by atoms with Gasteiger partial charge in [-0.3, -0.25) is 15.0 Å². The standard InChI is InChI=1S/C16H17N3O3/c1-22-14-8-2-11(3-9-14)10-15(20)18-13-6-4-12(5-7-13)16(21)19-17/h2-9H,10,17H2,1H3,(H,18,20)(H,19,21). The molecule has 2 rings (SSSR count). The van der Waals surface area contributed by atoms with Crippen LogP contribution in [0.25, 0.3) is 0 Å². The quantitative estimate of drug-likeness (QED) is 0.443. The van der Waals surface area contributed by atoms with Crippen LogP contribution in [0.1, 0.15) is 15.9 Å². The highest BCUT2D eigenvalue weighted by Gasteiger charge is 2.06. The molecule has 0 aliphatic rings. The Hall–Kier alpha value is -2.86. The molecule has 0 heterocycles. The molecule has 0 atom stereocenters. The third-order valence-electron chi connectivity index (χ3n) is 3.09. The number of methoxy groups -OCH3 is 1. The van der Waals surface area contributed by atoms with Gasteiger partial charge in [-0.25, -0.2) is 5.84 Å². The van der Waals surface area contributed by atoms with E-state index in [-0.39, 0.29) is 18.2 Å². The van der Waals surface area contributed by atoms with E-state index in [2.05, 4.69) is 5.32 Å². The molecule has 0 bridgehead atoms. The summed E-state index contributed by atoms with van der Waals surface area (Å²) in [4.78, 5) is 23.3. The monoisotopic (exact) mass is 299 g/mol. The van der Waals surface area contributed by atoms with Crippen LogP contribution in [0.4, 0.5) is 5.69 Å². The first-order chi connectivity index (χ1) is 10.6. The molecule has 0 radical (unpaired) electrons. The van der Waals surface area contributed by atoms with E-state index in [1.54, 1.807) is 31.4 Å². The Morgan fingerprint density at radius 1 is 1.05 bits per heavy atom. The van der Waals surface area contributed by atoms with Crippen LogP contribution in [0.2, 0.25) is 0 Å². The van der Waals surface area contributed by atoms with Crippen LogP contribution in [0.3, 0.4) is 0 Å². The van der Waals surface area contributed by atoms with Crippen molar-refractivity contribution < 1.29 is 14.3 Å². The number of ether oxygens (including phenoxy) is 1. The predicted molar refractivity (Wildman–Crippen MR) is 83.4 cm³/mol. The highest BCUT2D eigenvalue weighted by Crippen LogP contribution is 2.13. The fourth-order valence-corrected chi connectivity index (χ4v) is 1.92. The van der Waals surface area contributed by atoms with E-state index in [1.165, 1.54) is 0 Å². The number of nitrogens with one attached hydrogen (secondary N) is 2. The number of carbonyl (C=O) groups is 2. The Kier molecular flexibility index (Phi) is 5.11. The third-order valence-corrected chi connectivity index (χ3v) is 3.09. The molecule has 2 aromatic carbocycles. The molecule has 6 heteroatoms. The summed E-state index contributed by atoms with van der Waals surface area (Å²) in [6, 6.07) is 13.8. The number of carbonyl (C=O) groups excluding carboxylic acids is 2. The second-order valence-corrected chi connectivity index (χ2v) is 4.62. The molecular weight excluding hydrogens is 282 g/mol. The van der Waals surface area contributed by atoms with Gasteiger partial charge in [-0.2, -0.15) is 0 Å². The fourth-order valence-electron chi connectivity index (χ4n) is 1.92. The fraction of sp³-hybridized carbons (Fsp3) is 0.125. The van der Waals surface area contributed by atoms with Gasteiger partial charge in [-0.05, 0) is 42.0 Å². The zero-order valence-corrected chi connectivity index (χ0v) is 12.1. The van der Waals surface area contributed by atoms with Gasteiger partial charge in [0.15, 0.2) is 0 Å². The topological polar surface area (TPSA) is 93.4 Å². The van der Waals surface area contributed by atoms with Crippen LogP contribution in [0, 0.1) is 0 Å². The number of nitrogen functional groups attached to an aromatic ring is 1. The van der Waals surface area contributed by atoms with Gasteiger partial charge < -0.3 is 10.1 Å². The zero-order valence-electron chi connectivity index (χ0n) is 12.1. The Labute approximate surface area is 128 Å². The molecule has 22 heavy (non-hydrogen) atoms. The van der Waals surface area contributed by atoms with E-state index in [0.717, 1.165) is 11.3 Å².